The molecular weight excluding hydrogens is 232 g/mol. The van der Waals surface area contributed by atoms with Crippen LogP contribution in [0, 0.1) is 5.92 Å². The molecule has 0 aromatic heterocycles. The summed E-state index contributed by atoms with van der Waals surface area (Å²) in [6, 6.07) is 0. The van der Waals surface area contributed by atoms with E-state index in [-0.39, 0.29) is 8.76 Å². The fourth-order valence-electron chi connectivity index (χ4n) is 2.18. The summed E-state index contributed by atoms with van der Waals surface area (Å²) in [6.07, 6.45) is 8.05. The van der Waals surface area contributed by atoms with E-state index >= 15 is 0 Å². The molecule has 0 aromatic carbocycles. The fraction of sp³-hybridized carbons (Fsp3) is 0.769. The van der Waals surface area contributed by atoms with Crippen LogP contribution in [0.15, 0.2) is 11.1 Å². The molecule has 0 radical (unpaired) electrons. The molecule has 3 nitrogen and oxygen atoms in total. The van der Waals surface area contributed by atoms with Crippen LogP contribution in [0.4, 0.5) is 0 Å². The first-order chi connectivity index (χ1) is 8.26. The van der Waals surface area contributed by atoms with E-state index < -0.39 is 0 Å². The van der Waals surface area contributed by atoms with Gasteiger partial charge in [0.1, 0.15) is 0 Å². The second-order valence-corrected chi connectivity index (χ2v) is 5.27. The lowest BCUT2D eigenvalue weighted by molar-refractivity contribution is -0.120. The summed E-state index contributed by atoms with van der Waals surface area (Å²) < 4.78 is 2.89. The Balaban J connectivity index is 0. The Kier molecular flexibility index (Phi) is 7.17. The van der Waals surface area contributed by atoms with E-state index in [1.165, 1.54) is 44.1 Å². The van der Waals surface area contributed by atoms with Crippen LogP contribution in [0.1, 0.15) is 54.7 Å². The van der Waals surface area contributed by atoms with Gasteiger partial charge in [0.15, 0.2) is 0 Å². The van der Waals surface area contributed by atoms with Gasteiger partial charge in [-0.3, -0.25) is 9.52 Å². The van der Waals surface area contributed by atoms with Gasteiger partial charge in [0.05, 0.1) is 0 Å². The van der Waals surface area contributed by atoms with Crippen LogP contribution in [-0.4, -0.2) is 13.0 Å². The first-order valence-corrected chi connectivity index (χ1v) is 7.45. The van der Waals surface area contributed by atoms with Gasteiger partial charge in [-0.1, -0.05) is 26.2 Å². The molecular formula is C13H28N2OS. The average molecular weight is 260 g/mol. The van der Waals surface area contributed by atoms with Crippen molar-refractivity contribution in [1.29, 1.82) is 0 Å². The van der Waals surface area contributed by atoms with Crippen LogP contribution in [0.5, 0.6) is 0 Å². The normalized spacial score (nSPS) is 17.9. The Bertz CT molecular complexity index is 263. The molecule has 0 unspecified atom stereocenters. The van der Waals surface area contributed by atoms with E-state index in [4.69, 9.17) is 0 Å². The Morgan fingerprint density at radius 1 is 1.41 bits per heavy atom. The number of rotatable bonds is 6. The number of amides is 1. The molecule has 2 N–H and O–H groups in total. The molecule has 0 heterocycles. The van der Waals surface area contributed by atoms with Crippen LogP contribution in [0.25, 0.3) is 0 Å². The number of hydrogen-bond acceptors (Lipinski definition) is 3. The van der Waals surface area contributed by atoms with Gasteiger partial charge in [0.25, 0.3) is 0 Å². The number of carbonyl (C=O) groups is 1. The van der Waals surface area contributed by atoms with Crippen molar-refractivity contribution in [3.63, 3.8) is 0 Å². The summed E-state index contributed by atoms with van der Waals surface area (Å²) in [5.74, 6) is 0.785. The van der Waals surface area contributed by atoms with E-state index in [1.54, 1.807) is 0 Å². The highest BCUT2D eigenvalue weighted by molar-refractivity contribution is 8.00. The summed E-state index contributed by atoms with van der Waals surface area (Å²) in [5, 5.41) is 5.07. The smallest absolute Gasteiger partial charge is 0.230 e. The SMILES string of the molecule is CC/C(=C/SNC(=O)CC1CCCCC1)NC.[HH].[HH]. The van der Waals surface area contributed by atoms with Gasteiger partial charge in [0, 0.05) is 27.4 Å². The van der Waals surface area contributed by atoms with E-state index in [2.05, 4.69) is 17.0 Å². The van der Waals surface area contributed by atoms with Gasteiger partial charge < -0.3 is 5.32 Å². The monoisotopic (exact) mass is 260 g/mol. The molecule has 0 atom stereocenters. The molecule has 0 aromatic rings. The highest BCUT2D eigenvalue weighted by Crippen LogP contribution is 2.26. The summed E-state index contributed by atoms with van der Waals surface area (Å²) in [5.41, 5.74) is 1.15. The summed E-state index contributed by atoms with van der Waals surface area (Å²) in [6.45, 7) is 2.09. The first-order valence-electron chi connectivity index (χ1n) is 6.57. The van der Waals surface area contributed by atoms with E-state index in [0.717, 1.165) is 12.1 Å². The third kappa shape index (κ3) is 6.01. The Morgan fingerprint density at radius 3 is 2.71 bits per heavy atom. The maximum atomic E-state index is 11.7. The average Bonchev–Trinajstić information content (AvgIpc) is 2.36. The van der Waals surface area contributed by atoms with Crippen LogP contribution in [0.2, 0.25) is 0 Å². The molecule has 4 heteroatoms. The van der Waals surface area contributed by atoms with Crippen molar-refractivity contribution in [3.05, 3.63) is 11.1 Å². The highest BCUT2D eigenvalue weighted by Gasteiger charge is 2.16. The third-order valence-corrected chi connectivity index (χ3v) is 4.02. The molecule has 1 aliphatic carbocycles. The zero-order valence-corrected chi connectivity index (χ0v) is 11.7. The Labute approximate surface area is 112 Å². The van der Waals surface area contributed by atoms with Crippen molar-refractivity contribution in [1.82, 2.24) is 10.0 Å². The third-order valence-electron chi connectivity index (χ3n) is 3.27. The Morgan fingerprint density at radius 2 is 2.12 bits per heavy atom. The molecule has 1 rings (SSSR count). The molecule has 1 fully saturated rings. The zero-order chi connectivity index (χ0) is 12.5. The standard InChI is InChI=1S/C13H24N2OS.2H2/c1-3-12(14-2)10-17-15-13(16)9-11-7-5-4-6-8-11;;/h10-11,14H,3-9H2,1-2H3,(H,15,16);2*1H/b12-10-;;. The van der Waals surface area contributed by atoms with E-state index in [0.29, 0.717) is 12.3 Å². The zero-order valence-electron chi connectivity index (χ0n) is 10.9. The molecule has 1 amide bonds. The van der Waals surface area contributed by atoms with Crippen molar-refractivity contribution in [3.8, 4) is 0 Å². The molecule has 0 bridgehead atoms. The minimum Gasteiger partial charge on any atom is -0.391 e. The summed E-state index contributed by atoms with van der Waals surface area (Å²) in [4.78, 5) is 11.7. The minimum atomic E-state index is 0. The number of carbonyl (C=O) groups excluding carboxylic acids is 1. The lowest BCUT2D eigenvalue weighted by atomic mass is 9.87. The quantitative estimate of drug-likeness (QED) is 0.716. The largest absolute Gasteiger partial charge is 0.391 e. The molecule has 0 spiro atoms. The first kappa shape index (κ1) is 14.4. The van der Waals surface area contributed by atoms with Crippen molar-refractivity contribution >= 4 is 17.9 Å². The maximum absolute atomic E-state index is 11.7. The van der Waals surface area contributed by atoms with Crippen molar-refractivity contribution in [2.75, 3.05) is 7.05 Å². The predicted octanol–water partition coefficient (Wildman–Crippen LogP) is 3.68. The summed E-state index contributed by atoms with van der Waals surface area (Å²) in [7, 11) is 1.90. The summed E-state index contributed by atoms with van der Waals surface area (Å²) >= 11 is 1.38. The van der Waals surface area contributed by atoms with Gasteiger partial charge >= 0.3 is 0 Å². The Hall–Kier alpha value is -0.640. The number of nitrogens with one attached hydrogen (secondary N) is 2. The number of hydrogen-bond donors (Lipinski definition) is 2. The van der Waals surface area contributed by atoms with Crippen LogP contribution in [-0.2, 0) is 4.79 Å². The van der Waals surface area contributed by atoms with Crippen molar-refractivity contribution in [2.45, 2.75) is 51.9 Å². The van der Waals surface area contributed by atoms with Gasteiger partial charge in [-0.05, 0) is 37.1 Å². The van der Waals surface area contributed by atoms with E-state index in [1.807, 2.05) is 12.5 Å². The molecule has 17 heavy (non-hydrogen) atoms. The second-order valence-electron chi connectivity index (χ2n) is 4.60. The lowest BCUT2D eigenvalue weighted by Gasteiger charge is -2.20. The van der Waals surface area contributed by atoms with E-state index in [9.17, 15) is 4.79 Å². The van der Waals surface area contributed by atoms with Crippen LogP contribution in [0.3, 0.4) is 0 Å². The lowest BCUT2D eigenvalue weighted by Crippen LogP contribution is -2.20. The van der Waals surface area contributed by atoms with Gasteiger partial charge in [-0.2, -0.15) is 0 Å². The van der Waals surface area contributed by atoms with Gasteiger partial charge in [-0.25, -0.2) is 0 Å². The molecule has 0 saturated heterocycles. The van der Waals surface area contributed by atoms with Gasteiger partial charge in [-0.15, -0.1) is 0 Å². The number of allylic oxidation sites excluding steroid dienone is 1. The minimum absolute atomic E-state index is 0. The molecule has 1 aliphatic rings. The van der Waals surface area contributed by atoms with Crippen LogP contribution >= 0.6 is 11.9 Å². The van der Waals surface area contributed by atoms with Crippen LogP contribution < -0.4 is 10.0 Å². The predicted molar refractivity (Wildman–Crippen MR) is 78.6 cm³/mol. The van der Waals surface area contributed by atoms with Crippen molar-refractivity contribution in [2.24, 2.45) is 5.92 Å². The van der Waals surface area contributed by atoms with Crippen molar-refractivity contribution < 1.29 is 7.65 Å². The molecule has 0 aliphatic heterocycles. The fourth-order valence-corrected chi connectivity index (χ4v) is 2.88. The highest BCUT2D eigenvalue weighted by atomic mass is 32.2. The second kappa shape index (κ2) is 8.45. The molecule has 102 valence electrons. The topological polar surface area (TPSA) is 41.1 Å². The molecule has 1 saturated carbocycles. The maximum Gasteiger partial charge on any atom is 0.230 e. The van der Waals surface area contributed by atoms with Gasteiger partial charge in [0.2, 0.25) is 5.91 Å².